The van der Waals surface area contributed by atoms with Crippen molar-refractivity contribution in [3.63, 3.8) is 0 Å². The van der Waals surface area contributed by atoms with Crippen LogP contribution in [0, 0.1) is 5.82 Å². The Hall–Kier alpha value is -4.68. The Labute approximate surface area is 218 Å². The Kier molecular flexibility index (Phi) is 5.49. The molecule has 39 heavy (non-hydrogen) atoms. The fraction of sp³-hybridized carbons (Fsp3) is 0.231. The Balaban J connectivity index is 1.56. The average Bonchev–Trinajstić information content (AvgIpc) is 3.60. The molecule has 0 fully saturated rings. The summed E-state index contributed by atoms with van der Waals surface area (Å²) in [6.45, 7) is 3.62. The van der Waals surface area contributed by atoms with Crippen molar-refractivity contribution in [3.8, 4) is 17.3 Å². The lowest BCUT2D eigenvalue weighted by Crippen LogP contribution is -2.35. The molecule has 1 atom stereocenters. The van der Waals surface area contributed by atoms with Gasteiger partial charge in [-0.25, -0.2) is 28.7 Å². The van der Waals surface area contributed by atoms with E-state index in [0.717, 1.165) is 17.2 Å². The second kappa shape index (κ2) is 8.68. The van der Waals surface area contributed by atoms with Crippen LogP contribution >= 0.6 is 0 Å². The number of benzene rings is 1. The van der Waals surface area contributed by atoms with Gasteiger partial charge in [0.25, 0.3) is 0 Å². The van der Waals surface area contributed by atoms with Gasteiger partial charge in [0.05, 0.1) is 29.7 Å². The molecule has 0 spiro atoms. The summed E-state index contributed by atoms with van der Waals surface area (Å²) < 4.78 is 57.1. The highest BCUT2D eigenvalue weighted by Crippen LogP contribution is 2.43. The summed E-state index contributed by atoms with van der Waals surface area (Å²) in [5, 5.41) is 12.2. The maximum atomic E-state index is 14.4. The minimum absolute atomic E-state index is 0.0740. The number of nitrogens with one attached hydrogen (secondary N) is 1. The lowest BCUT2D eigenvalue weighted by Gasteiger charge is -2.24. The Morgan fingerprint density at radius 3 is 2.64 bits per heavy atom. The van der Waals surface area contributed by atoms with E-state index in [4.69, 9.17) is 0 Å². The second-order valence-electron chi connectivity index (χ2n) is 9.72. The SMILES string of the molecule is CC1(C)c2c(nc(-c3nn(Cc4ccccc4F)c4ncccc34)nc2-n2cc(C(F)(F)F)cn2)NC1C=O. The van der Waals surface area contributed by atoms with E-state index in [1.54, 1.807) is 50.4 Å². The number of anilines is 1. The fourth-order valence-corrected chi connectivity index (χ4v) is 4.76. The zero-order valence-electron chi connectivity index (χ0n) is 20.6. The molecular weight excluding hydrogens is 516 g/mol. The number of pyridine rings is 1. The topological polar surface area (TPSA) is 103 Å². The van der Waals surface area contributed by atoms with Crippen LogP contribution in [0.3, 0.4) is 0 Å². The molecule has 0 aliphatic carbocycles. The van der Waals surface area contributed by atoms with E-state index in [0.29, 0.717) is 28.4 Å². The molecule has 9 nitrogen and oxygen atoms in total. The molecule has 1 aliphatic heterocycles. The largest absolute Gasteiger partial charge is 0.419 e. The molecule has 1 aromatic carbocycles. The molecule has 5 heterocycles. The van der Waals surface area contributed by atoms with Crippen LogP contribution in [-0.4, -0.2) is 46.8 Å². The molecule has 0 radical (unpaired) electrons. The number of hydrogen-bond acceptors (Lipinski definition) is 7. The fourth-order valence-electron chi connectivity index (χ4n) is 4.76. The number of fused-ring (bicyclic) bond motifs is 2. The normalized spacial score (nSPS) is 16.3. The minimum atomic E-state index is -4.61. The Bertz CT molecular complexity index is 1740. The molecule has 0 amide bonds. The van der Waals surface area contributed by atoms with Crippen LogP contribution in [0.4, 0.5) is 23.4 Å². The number of carbonyl (C=O) groups excluding carboxylic acids is 1. The first-order chi connectivity index (χ1) is 18.6. The van der Waals surface area contributed by atoms with Gasteiger partial charge in [0, 0.05) is 28.9 Å². The molecule has 1 N–H and O–H groups in total. The predicted octanol–water partition coefficient (Wildman–Crippen LogP) is 4.55. The molecule has 6 rings (SSSR count). The molecule has 13 heteroatoms. The number of nitrogens with zero attached hydrogens (tertiary/aromatic N) is 7. The van der Waals surface area contributed by atoms with Gasteiger partial charge in [-0.1, -0.05) is 32.0 Å². The highest BCUT2D eigenvalue weighted by molar-refractivity contribution is 5.90. The lowest BCUT2D eigenvalue weighted by molar-refractivity contribution is -0.137. The highest BCUT2D eigenvalue weighted by atomic mass is 19.4. The summed E-state index contributed by atoms with van der Waals surface area (Å²) in [4.78, 5) is 25.5. The van der Waals surface area contributed by atoms with Gasteiger partial charge in [0.15, 0.2) is 17.3 Å². The zero-order valence-corrected chi connectivity index (χ0v) is 20.6. The third-order valence-electron chi connectivity index (χ3n) is 6.86. The first kappa shape index (κ1) is 24.6. The number of rotatable bonds is 5. The maximum Gasteiger partial charge on any atom is 0.419 e. The molecular formula is C26H20F4N8O. The van der Waals surface area contributed by atoms with E-state index in [1.807, 2.05) is 0 Å². The van der Waals surface area contributed by atoms with E-state index < -0.39 is 29.0 Å². The smallest absolute Gasteiger partial charge is 0.359 e. The van der Waals surface area contributed by atoms with Gasteiger partial charge in [0.1, 0.15) is 23.6 Å². The van der Waals surface area contributed by atoms with Gasteiger partial charge in [-0.15, -0.1) is 0 Å². The minimum Gasteiger partial charge on any atom is -0.359 e. The summed E-state index contributed by atoms with van der Waals surface area (Å²) in [6.07, 6.45) is -0.764. The van der Waals surface area contributed by atoms with Crippen molar-refractivity contribution in [3.05, 3.63) is 77.5 Å². The highest BCUT2D eigenvalue weighted by Gasteiger charge is 2.44. The summed E-state index contributed by atoms with van der Waals surface area (Å²) in [5.74, 6) is 0.0306. The van der Waals surface area contributed by atoms with Crippen LogP contribution in [0.5, 0.6) is 0 Å². The van der Waals surface area contributed by atoms with Gasteiger partial charge in [0.2, 0.25) is 0 Å². The third kappa shape index (κ3) is 4.01. The quantitative estimate of drug-likeness (QED) is 0.260. The lowest BCUT2D eigenvalue weighted by atomic mass is 9.82. The molecule has 1 unspecified atom stereocenters. The molecule has 0 bridgehead atoms. The molecule has 4 aromatic heterocycles. The van der Waals surface area contributed by atoms with Crippen molar-refractivity contribution in [2.45, 2.75) is 38.0 Å². The molecule has 198 valence electrons. The van der Waals surface area contributed by atoms with Crippen LogP contribution < -0.4 is 5.32 Å². The van der Waals surface area contributed by atoms with E-state index in [-0.39, 0.29) is 29.7 Å². The molecule has 0 saturated heterocycles. The van der Waals surface area contributed by atoms with E-state index in [9.17, 15) is 22.4 Å². The van der Waals surface area contributed by atoms with Crippen molar-refractivity contribution in [2.75, 3.05) is 5.32 Å². The first-order valence-electron chi connectivity index (χ1n) is 11.9. The van der Waals surface area contributed by atoms with Gasteiger partial charge in [-0.3, -0.25) is 0 Å². The summed E-state index contributed by atoms with van der Waals surface area (Å²) in [6, 6.07) is 9.03. The molecule has 5 aromatic rings. The van der Waals surface area contributed by atoms with Crippen molar-refractivity contribution >= 4 is 23.1 Å². The van der Waals surface area contributed by atoms with E-state index in [2.05, 4.69) is 30.5 Å². The Morgan fingerprint density at radius 2 is 1.92 bits per heavy atom. The van der Waals surface area contributed by atoms with E-state index >= 15 is 0 Å². The maximum absolute atomic E-state index is 14.4. The van der Waals surface area contributed by atoms with Gasteiger partial charge < -0.3 is 10.1 Å². The van der Waals surface area contributed by atoms with Crippen molar-refractivity contribution in [1.29, 1.82) is 0 Å². The summed E-state index contributed by atoms with van der Waals surface area (Å²) in [7, 11) is 0. The van der Waals surface area contributed by atoms with Crippen molar-refractivity contribution < 1.29 is 22.4 Å². The number of aldehydes is 1. The van der Waals surface area contributed by atoms with Crippen LogP contribution in [0.2, 0.25) is 0 Å². The average molecular weight is 536 g/mol. The standard InChI is InChI=1S/C26H20F4N8O/c1-25(2)18(13-39)33-21-19(25)24(37-12-15(10-32-37)26(28,29)30)35-22(34-21)20-16-7-5-9-31-23(16)38(36-20)11-14-6-3-4-8-17(14)27/h3-10,12-13,18H,11H2,1-2H3,(H,33,34,35). The van der Waals surface area contributed by atoms with Crippen LogP contribution in [-0.2, 0) is 22.9 Å². The number of hydrogen-bond donors (Lipinski definition) is 1. The monoisotopic (exact) mass is 536 g/mol. The zero-order chi connectivity index (χ0) is 27.5. The van der Waals surface area contributed by atoms with Gasteiger partial charge >= 0.3 is 6.18 Å². The van der Waals surface area contributed by atoms with Crippen molar-refractivity contribution in [2.24, 2.45) is 0 Å². The Morgan fingerprint density at radius 1 is 1.13 bits per heavy atom. The summed E-state index contributed by atoms with van der Waals surface area (Å²) in [5.41, 5.74) is -0.245. The predicted molar refractivity (Wildman–Crippen MR) is 133 cm³/mol. The molecule has 0 saturated carbocycles. The number of halogens is 4. The number of aromatic nitrogens is 7. The number of alkyl halides is 3. The summed E-state index contributed by atoms with van der Waals surface area (Å²) >= 11 is 0. The third-order valence-corrected chi connectivity index (χ3v) is 6.86. The van der Waals surface area contributed by atoms with Gasteiger partial charge in [-0.05, 0) is 18.2 Å². The number of carbonyl (C=O) groups is 1. The van der Waals surface area contributed by atoms with Gasteiger partial charge in [-0.2, -0.15) is 23.4 Å². The van der Waals surface area contributed by atoms with Crippen LogP contribution in [0.25, 0.3) is 28.4 Å². The van der Waals surface area contributed by atoms with Crippen molar-refractivity contribution in [1.82, 2.24) is 34.5 Å². The van der Waals surface area contributed by atoms with E-state index in [1.165, 1.54) is 10.7 Å². The first-order valence-corrected chi connectivity index (χ1v) is 11.9. The van der Waals surface area contributed by atoms with Crippen LogP contribution in [0.15, 0.2) is 55.0 Å². The second-order valence-corrected chi connectivity index (χ2v) is 9.72. The molecule has 1 aliphatic rings. The van der Waals surface area contributed by atoms with Crippen LogP contribution in [0.1, 0.15) is 30.5 Å².